The van der Waals surface area contributed by atoms with E-state index >= 15 is 0 Å². The summed E-state index contributed by atoms with van der Waals surface area (Å²) in [6.07, 6.45) is 4.67. The molecular formula is C12H10Cl3NO2S. The third-order valence-corrected chi connectivity index (χ3v) is 4.83. The van der Waals surface area contributed by atoms with Crippen molar-refractivity contribution in [1.82, 2.24) is 0 Å². The first-order valence-electron chi connectivity index (χ1n) is 5.29. The summed E-state index contributed by atoms with van der Waals surface area (Å²) in [6.45, 7) is 0. The van der Waals surface area contributed by atoms with Crippen molar-refractivity contribution in [2.24, 2.45) is 5.14 Å². The summed E-state index contributed by atoms with van der Waals surface area (Å²) in [7, 11) is -3.72. The van der Waals surface area contributed by atoms with Gasteiger partial charge in [0.1, 0.15) is 0 Å². The van der Waals surface area contributed by atoms with E-state index in [-0.39, 0.29) is 11.3 Å². The zero-order valence-electron chi connectivity index (χ0n) is 9.61. The van der Waals surface area contributed by atoms with Gasteiger partial charge in [0.25, 0.3) is 0 Å². The van der Waals surface area contributed by atoms with Crippen molar-refractivity contribution in [2.75, 3.05) is 0 Å². The predicted molar refractivity (Wildman–Crippen MR) is 78.9 cm³/mol. The van der Waals surface area contributed by atoms with Crippen molar-refractivity contribution in [2.45, 2.75) is 11.3 Å². The molecule has 102 valence electrons. The van der Waals surface area contributed by atoms with Gasteiger partial charge >= 0.3 is 0 Å². The number of benzene rings is 1. The molecule has 2 N–H and O–H groups in total. The quantitative estimate of drug-likeness (QED) is 0.838. The van der Waals surface area contributed by atoms with Crippen LogP contribution in [0.25, 0.3) is 0 Å². The molecule has 3 nitrogen and oxygen atoms in total. The molecule has 0 aromatic heterocycles. The first-order valence-corrected chi connectivity index (χ1v) is 7.97. The molecule has 0 saturated heterocycles. The highest BCUT2D eigenvalue weighted by Gasteiger charge is 2.31. The lowest BCUT2D eigenvalue weighted by molar-refractivity contribution is 0.603. The van der Waals surface area contributed by atoms with Gasteiger partial charge in [-0.2, -0.15) is 0 Å². The minimum absolute atomic E-state index is 0.0434. The highest BCUT2D eigenvalue weighted by molar-refractivity contribution is 7.93. The van der Waals surface area contributed by atoms with Gasteiger partial charge in [0.15, 0.2) is 0 Å². The standard InChI is InChI=1S/C12H10Cl3NO2S/c13-8-1-2-11(14)10(7-8)12(15)5-3-9(4-6-12)19(16,17)18/h1-5,7H,6H2,(H2,16,17,18)/t12-/m0/s1. The van der Waals surface area contributed by atoms with Gasteiger partial charge in [-0.05, 0) is 36.3 Å². The first kappa shape index (κ1) is 14.9. The summed E-state index contributed by atoms with van der Waals surface area (Å²) in [5, 5.41) is 6.03. The van der Waals surface area contributed by atoms with E-state index in [2.05, 4.69) is 0 Å². The Labute approximate surface area is 126 Å². The molecule has 2 rings (SSSR count). The van der Waals surface area contributed by atoms with Crippen LogP contribution in [-0.4, -0.2) is 8.42 Å². The molecule has 7 heteroatoms. The van der Waals surface area contributed by atoms with Crippen LogP contribution in [0.5, 0.6) is 0 Å². The molecule has 0 heterocycles. The van der Waals surface area contributed by atoms with Crippen molar-refractivity contribution >= 4 is 44.8 Å². The third kappa shape index (κ3) is 3.15. The lowest BCUT2D eigenvalue weighted by Gasteiger charge is -2.26. The summed E-state index contributed by atoms with van der Waals surface area (Å²) < 4.78 is 22.4. The Balaban J connectivity index is 2.41. The zero-order valence-corrected chi connectivity index (χ0v) is 12.7. The fourth-order valence-corrected chi connectivity index (χ4v) is 3.20. The Morgan fingerprint density at radius 2 is 1.95 bits per heavy atom. The van der Waals surface area contributed by atoms with Crippen LogP contribution in [0.4, 0.5) is 0 Å². The fourth-order valence-electron chi connectivity index (χ4n) is 1.83. The molecule has 0 fully saturated rings. The molecular weight excluding hydrogens is 329 g/mol. The molecule has 1 atom stereocenters. The number of hydrogen-bond donors (Lipinski definition) is 1. The van der Waals surface area contributed by atoms with E-state index in [0.29, 0.717) is 15.6 Å². The van der Waals surface area contributed by atoms with Gasteiger partial charge in [-0.1, -0.05) is 35.4 Å². The SMILES string of the molecule is NS(=O)(=O)C1=CC[C@](Cl)(c2cc(Cl)ccc2Cl)C=C1. The zero-order chi connectivity index (χ0) is 14.3. The number of halogens is 3. The van der Waals surface area contributed by atoms with Gasteiger partial charge in [-0.25, -0.2) is 13.6 Å². The number of primary sulfonamides is 1. The van der Waals surface area contributed by atoms with Crippen molar-refractivity contribution < 1.29 is 8.42 Å². The average Bonchev–Trinajstić information content (AvgIpc) is 2.31. The van der Waals surface area contributed by atoms with E-state index in [1.165, 1.54) is 12.2 Å². The molecule has 0 amide bonds. The van der Waals surface area contributed by atoms with Crippen molar-refractivity contribution in [3.8, 4) is 0 Å². The first-order chi connectivity index (χ1) is 8.72. The Morgan fingerprint density at radius 1 is 1.26 bits per heavy atom. The number of allylic oxidation sites excluding steroid dienone is 3. The van der Waals surface area contributed by atoms with Crippen LogP contribution >= 0.6 is 34.8 Å². The smallest absolute Gasteiger partial charge is 0.225 e. The van der Waals surface area contributed by atoms with Crippen LogP contribution in [0.15, 0.2) is 41.3 Å². The van der Waals surface area contributed by atoms with Gasteiger partial charge in [-0.3, -0.25) is 0 Å². The number of alkyl halides is 1. The van der Waals surface area contributed by atoms with Crippen LogP contribution < -0.4 is 5.14 Å². The van der Waals surface area contributed by atoms with Crippen LogP contribution in [0.3, 0.4) is 0 Å². The van der Waals surface area contributed by atoms with Gasteiger partial charge < -0.3 is 0 Å². The number of nitrogens with two attached hydrogens (primary N) is 1. The van der Waals surface area contributed by atoms with E-state index < -0.39 is 14.9 Å². The molecule has 0 radical (unpaired) electrons. The minimum Gasteiger partial charge on any atom is -0.225 e. The predicted octanol–water partition coefficient (Wildman–Crippen LogP) is 3.56. The molecule has 0 unspecified atom stereocenters. The van der Waals surface area contributed by atoms with Gasteiger partial charge in [0.05, 0.1) is 9.78 Å². The summed E-state index contributed by atoms with van der Waals surface area (Å²) in [5.41, 5.74) is 0.629. The van der Waals surface area contributed by atoms with E-state index in [1.807, 2.05) is 0 Å². The molecule has 19 heavy (non-hydrogen) atoms. The van der Waals surface area contributed by atoms with E-state index in [0.717, 1.165) is 0 Å². The van der Waals surface area contributed by atoms with Crippen LogP contribution in [0.2, 0.25) is 10.0 Å². The van der Waals surface area contributed by atoms with Crippen LogP contribution in [0.1, 0.15) is 12.0 Å². The normalized spacial score (nSPS) is 23.3. The molecule has 0 bridgehead atoms. The lowest BCUT2D eigenvalue weighted by Crippen LogP contribution is -2.21. The molecule has 0 aliphatic heterocycles. The van der Waals surface area contributed by atoms with Gasteiger partial charge in [-0.15, -0.1) is 11.6 Å². The second-order valence-electron chi connectivity index (χ2n) is 4.18. The van der Waals surface area contributed by atoms with E-state index in [4.69, 9.17) is 39.9 Å². The van der Waals surface area contributed by atoms with Gasteiger partial charge in [0, 0.05) is 10.0 Å². The number of hydrogen-bond acceptors (Lipinski definition) is 2. The maximum atomic E-state index is 11.2. The van der Waals surface area contributed by atoms with E-state index in [9.17, 15) is 8.42 Å². The Morgan fingerprint density at radius 3 is 2.47 bits per heavy atom. The molecule has 1 aromatic carbocycles. The topological polar surface area (TPSA) is 60.2 Å². The average molecular weight is 339 g/mol. The second-order valence-corrected chi connectivity index (χ2v) is 7.26. The Hall–Kier alpha value is -0.520. The number of sulfonamides is 1. The maximum Gasteiger partial charge on any atom is 0.237 e. The van der Waals surface area contributed by atoms with Crippen molar-refractivity contribution in [3.05, 3.63) is 56.9 Å². The molecule has 1 aliphatic carbocycles. The third-order valence-electron chi connectivity index (χ3n) is 2.82. The lowest BCUT2D eigenvalue weighted by atomic mass is 9.91. The largest absolute Gasteiger partial charge is 0.237 e. The molecule has 0 spiro atoms. The highest BCUT2D eigenvalue weighted by atomic mass is 35.5. The molecule has 1 aliphatic rings. The summed E-state index contributed by atoms with van der Waals surface area (Å²) in [4.78, 5) is -0.877. The molecule has 0 saturated carbocycles. The monoisotopic (exact) mass is 337 g/mol. The highest BCUT2D eigenvalue weighted by Crippen LogP contribution is 2.42. The summed E-state index contributed by atoms with van der Waals surface area (Å²) >= 11 is 18.5. The van der Waals surface area contributed by atoms with Crippen LogP contribution in [-0.2, 0) is 14.9 Å². The fraction of sp³-hybridized carbons (Fsp3) is 0.167. The summed E-state index contributed by atoms with van der Waals surface area (Å²) in [5.74, 6) is 0. The van der Waals surface area contributed by atoms with E-state index in [1.54, 1.807) is 24.3 Å². The Bertz CT molecular complexity index is 682. The minimum atomic E-state index is -3.72. The Kier molecular flexibility index (Phi) is 4.00. The molecule has 1 aromatic rings. The second kappa shape index (κ2) is 5.11. The van der Waals surface area contributed by atoms with Gasteiger partial charge in [0.2, 0.25) is 10.0 Å². The van der Waals surface area contributed by atoms with Crippen molar-refractivity contribution in [3.63, 3.8) is 0 Å². The summed E-state index contributed by atoms with van der Waals surface area (Å²) in [6, 6.07) is 4.97. The van der Waals surface area contributed by atoms with Crippen molar-refractivity contribution in [1.29, 1.82) is 0 Å². The number of rotatable bonds is 2. The van der Waals surface area contributed by atoms with Crippen LogP contribution in [0, 0.1) is 0 Å². The maximum absolute atomic E-state index is 11.2.